The predicted octanol–water partition coefficient (Wildman–Crippen LogP) is 17.3. The van der Waals surface area contributed by atoms with Crippen LogP contribution in [0, 0.1) is 0 Å². The van der Waals surface area contributed by atoms with Crippen molar-refractivity contribution in [3.8, 4) is 50.2 Å². The lowest BCUT2D eigenvalue weighted by atomic mass is 9.88. The second-order valence-electron chi connectivity index (χ2n) is 16.0. The maximum atomic E-state index is 2.44. The monoisotopic (exact) mass is 820 g/mol. The van der Waals surface area contributed by atoms with Crippen LogP contribution < -0.4 is 4.90 Å². The third-order valence-corrected chi connectivity index (χ3v) is 13.6. The van der Waals surface area contributed by atoms with Crippen molar-refractivity contribution >= 4 is 70.4 Å². The zero-order chi connectivity index (χ0) is 41.7. The van der Waals surface area contributed by atoms with Crippen molar-refractivity contribution < 1.29 is 0 Å². The van der Waals surface area contributed by atoms with Crippen molar-refractivity contribution in [3.05, 3.63) is 243 Å². The molecule has 0 atom stereocenters. The van der Waals surface area contributed by atoms with E-state index < -0.39 is 0 Å². The molecule has 0 bridgehead atoms. The van der Waals surface area contributed by atoms with E-state index in [0.717, 1.165) is 28.3 Å². The molecule has 2 heterocycles. The van der Waals surface area contributed by atoms with E-state index in [0.29, 0.717) is 0 Å². The van der Waals surface area contributed by atoms with Gasteiger partial charge in [0.25, 0.3) is 0 Å². The van der Waals surface area contributed by atoms with Gasteiger partial charge in [-0.2, -0.15) is 0 Å². The van der Waals surface area contributed by atoms with Crippen LogP contribution in [0.5, 0.6) is 0 Å². The normalized spacial score (nSPS) is 11.5. The van der Waals surface area contributed by atoms with E-state index in [2.05, 4.69) is 252 Å². The molecular formula is C60H40N2S. The van der Waals surface area contributed by atoms with E-state index in [4.69, 9.17) is 0 Å². The molecule has 0 aliphatic rings. The zero-order valence-corrected chi connectivity index (χ0v) is 35.2. The highest BCUT2D eigenvalue weighted by Crippen LogP contribution is 2.47. The van der Waals surface area contributed by atoms with Crippen LogP contribution in [0.2, 0.25) is 0 Å². The minimum absolute atomic E-state index is 1.07. The topological polar surface area (TPSA) is 8.17 Å². The van der Waals surface area contributed by atoms with Crippen LogP contribution in [0.25, 0.3) is 92.2 Å². The molecule has 2 nitrogen and oxygen atoms in total. The van der Waals surface area contributed by atoms with Crippen LogP contribution in [0.3, 0.4) is 0 Å². The van der Waals surface area contributed by atoms with Gasteiger partial charge in [0.1, 0.15) is 0 Å². The first-order valence-corrected chi connectivity index (χ1v) is 22.3. The van der Waals surface area contributed by atoms with E-state index >= 15 is 0 Å². The average Bonchev–Trinajstić information content (AvgIpc) is 3.91. The molecule has 0 N–H and O–H groups in total. The summed E-state index contributed by atoms with van der Waals surface area (Å²) in [5.41, 5.74) is 16.3. The third kappa shape index (κ3) is 6.33. The summed E-state index contributed by atoms with van der Waals surface area (Å²) in [4.78, 5) is 2.44. The number of anilines is 3. The van der Waals surface area contributed by atoms with Gasteiger partial charge in [-0.05, 0) is 99.6 Å². The Labute approximate surface area is 370 Å². The summed E-state index contributed by atoms with van der Waals surface area (Å²) in [6.45, 7) is 0. The van der Waals surface area contributed by atoms with Gasteiger partial charge in [0.2, 0.25) is 0 Å². The quantitative estimate of drug-likeness (QED) is 0.148. The number of para-hydroxylation sites is 3. The molecular weight excluding hydrogens is 781 g/mol. The summed E-state index contributed by atoms with van der Waals surface area (Å²) in [6, 6.07) is 88.4. The molecule has 2 aromatic heterocycles. The van der Waals surface area contributed by atoms with Crippen molar-refractivity contribution in [3.63, 3.8) is 0 Å². The number of benzene rings is 10. The highest BCUT2D eigenvalue weighted by atomic mass is 32.1. The molecule has 0 radical (unpaired) electrons. The molecule has 3 heteroatoms. The summed E-state index contributed by atoms with van der Waals surface area (Å²) >= 11 is 1.86. The molecule has 0 fully saturated rings. The summed E-state index contributed by atoms with van der Waals surface area (Å²) in [5, 5.41) is 5.12. The van der Waals surface area contributed by atoms with Crippen LogP contribution in [-0.2, 0) is 0 Å². The van der Waals surface area contributed by atoms with Crippen molar-refractivity contribution in [2.45, 2.75) is 0 Å². The average molecular weight is 821 g/mol. The highest BCUT2D eigenvalue weighted by molar-refractivity contribution is 7.25. The maximum absolute atomic E-state index is 2.44. The number of fused-ring (bicyclic) bond motifs is 6. The van der Waals surface area contributed by atoms with E-state index in [1.54, 1.807) is 0 Å². The molecule has 0 aliphatic heterocycles. The Morgan fingerprint density at radius 1 is 0.317 bits per heavy atom. The smallest absolute Gasteiger partial charge is 0.0541 e. The zero-order valence-electron chi connectivity index (χ0n) is 34.4. The Balaban J connectivity index is 1.06. The molecule has 63 heavy (non-hydrogen) atoms. The number of hydrogen-bond donors (Lipinski definition) is 0. The predicted molar refractivity (Wildman–Crippen MR) is 270 cm³/mol. The molecule has 12 rings (SSSR count). The second kappa shape index (κ2) is 15.5. The Morgan fingerprint density at radius 2 is 0.825 bits per heavy atom. The van der Waals surface area contributed by atoms with E-state index in [1.807, 2.05) is 11.3 Å². The van der Waals surface area contributed by atoms with Crippen molar-refractivity contribution in [2.24, 2.45) is 0 Å². The van der Waals surface area contributed by atoms with Crippen LogP contribution >= 0.6 is 11.3 Å². The van der Waals surface area contributed by atoms with Crippen molar-refractivity contribution in [1.29, 1.82) is 0 Å². The van der Waals surface area contributed by atoms with E-state index in [1.165, 1.54) is 80.9 Å². The van der Waals surface area contributed by atoms with Crippen LogP contribution in [0.4, 0.5) is 17.1 Å². The molecule has 10 aromatic carbocycles. The van der Waals surface area contributed by atoms with Gasteiger partial charge >= 0.3 is 0 Å². The fourth-order valence-electron chi connectivity index (χ4n) is 9.64. The van der Waals surface area contributed by atoms with Crippen LogP contribution in [0.1, 0.15) is 0 Å². The van der Waals surface area contributed by atoms with Gasteiger partial charge in [0, 0.05) is 53.6 Å². The Bertz CT molecular complexity index is 3580. The molecule has 12 aromatic rings. The maximum Gasteiger partial charge on any atom is 0.0541 e. The van der Waals surface area contributed by atoms with Crippen molar-refractivity contribution in [1.82, 2.24) is 4.57 Å². The van der Waals surface area contributed by atoms with Gasteiger partial charge in [-0.3, -0.25) is 0 Å². The number of hydrogen-bond acceptors (Lipinski definition) is 2. The largest absolute Gasteiger partial charge is 0.310 e. The molecule has 0 unspecified atom stereocenters. The SMILES string of the molecule is c1ccc(-c2ccccc2-c2ccccc2-c2ccccc2N(c2ccc(-c3cccc4sc5ccccc5c34)cc2)c2cccc(-n3c4ccccc4c4ccccc43)c2)cc1. The van der Waals surface area contributed by atoms with Gasteiger partial charge in [0.05, 0.1) is 16.7 Å². The van der Waals surface area contributed by atoms with Gasteiger partial charge in [0.15, 0.2) is 0 Å². The molecule has 0 saturated carbocycles. The van der Waals surface area contributed by atoms with Crippen molar-refractivity contribution in [2.75, 3.05) is 4.90 Å². The second-order valence-corrected chi connectivity index (χ2v) is 17.1. The minimum atomic E-state index is 1.07. The lowest BCUT2D eigenvalue weighted by Crippen LogP contribution is -2.12. The number of rotatable bonds is 8. The summed E-state index contributed by atoms with van der Waals surface area (Å²) in [7, 11) is 0. The molecule has 0 saturated heterocycles. The molecule has 0 aliphatic carbocycles. The first-order valence-electron chi connectivity index (χ1n) is 21.5. The Morgan fingerprint density at radius 3 is 1.56 bits per heavy atom. The lowest BCUT2D eigenvalue weighted by Gasteiger charge is -2.29. The van der Waals surface area contributed by atoms with Crippen LogP contribution in [-0.4, -0.2) is 4.57 Å². The first-order chi connectivity index (χ1) is 31.3. The summed E-state index contributed by atoms with van der Waals surface area (Å²) in [6.07, 6.45) is 0. The fourth-order valence-corrected chi connectivity index (χ4v) is 10.8. The van der Waals surface area contributed by atoms with Gasteiger partial charge < -0.3 is 9.47 Å². The Hall–Kier alpha value is -7.98. The van der Waals surface area contributed by atoms with Gasteiger partial charge in [-0.1, -0.05) is 182 Å². The lowest BCUT2D eigenvalue weighted by molar-refractivity contribution is 1.17. The van der Waals surface area contributed by atoms with Crippen LogP contribution in [0.15, 0.2) is 243 Å². The summed E-state index contributed by atoms with van der Waals surface area (Å²) in [5.74, 6) is 0. The number of aromatic nitrogens is 1. The third-order valence-electron chi connectivity index (χ3n) is 12.4. The summed E-state index contributed by atoms with van der Waals surface area (Å²) < 4.78 is 5.03. The molecule has 296 valence electrons. The van der Waals surface area contributed by atoms with E-state index in [-0.39, 0.29) is 0 Å². The molecule has 0 spiro atoms. The van der Waals surface area contributed by atoms with Gasteiger partial charge in [-0.25, -0.2) is 0 Å². The standard InChI is InChI=1S/C60H40N2S/c1-2-18-41(19-3-1)46-22-4-5-23-48(46)49-24-6-7-25-50(49)51-26-8-12-31-55(51)61(43-38-36-42(37-39-43)47-30-17-35-59-60(47)54-29-11-15-34-58(54)63-59)44-20-16-21-45(40-44)62-56-32-13-9-27-52(56)53-28-10-14-33-57(53)62/h1-40H. The first kappa shape index (κ1) is 36.8. The number of thiophene rings is 1. The molecule has 0 amide bonds. The Kier molecular flexibility index (Phi) is 9.06. The van der Waals surface area contributed by atoms with E-state index in [9.17, 15) is 0 Å². The fraction of sp³-hybridized carbons (Fsp3) is 0. The highest BCUT2D eigenvalue weighted by Gasteiger charge is 2.22. The number of nitrogens with zero attached hydrogens (tertiary/aromatic N) is 2. The minimum Gasteiger partial charge on any atom is -0.310 e. The van der Waals surface area contributed by atoms with Gasteiger partial charge in [-0.15, -0.1) is 11.3 Å².